The molecule has 1 heterocycles. The van der Waals surface area contributed by atoms with Crippen molar-refractivity contribution < 1.29 is 14.7 Å². The van der Waals surface area contributed by atoms with Gasteiger partial charge in [-0.3, -0.25) is 9.59 Å². The summed E-state index contributed by atoms with van der Waals surface area (Å²) < 4.78 is 0. The van der Waals surface area contributed by atoms with E-state index in [0.29, 0.717) is 44.7 Å². The molecule has 1 aliphatic rings. The fourth-order valence-electron chi connectivity index (χ4n) is 5.02. The van der Waals surface area contributed by atoms with Crippen molar-refractivity contribution in [3.05, 3.63) is 60.2 Å². The van der Waals surface area contributed by atoms with Gasteiger partial charge in [0.05, 0.1) is 5.60 Å². The summed E-state index contributed by atoms with van der Waals surface area (Å²) in [5.74, 6) is -0.914. The van der Waals surface area contributed by atoms with E-state index in [1.165, 1.54) is 0 Å². The van der Waals surface area contributed by atoms with Crippen LogP contribution in [0.4, 0.5) is 0 Å². The number of primary amides is 1. The van der Waals surface area contributed by atoms with Crippen LogP contribution in [0.1, 0.15) is 58.4 Å². The number of aliphatic hydroxyl groups is 1. The van der Waals surface area contributed by atoms with Crippen LogP contribution in [0.25, 0.3) is 11.1 Å². The van der Waals surface area contributed by atoms with Crippen LogP contribution in [0.3, 0.4) is 0 Å². The van der Waals surface area contributed by atoms with Gasteiger partial charge in [-0.1, -0.05) is 81.8 Å². The highest BCUT2D eigenvalue weighted by Crippen LogP contribution is 2.36. The summed E-state index contributed by atoms with van der Waals surface area (Å²) in [6, 6.07) is 18.2. The van der Waals surface area contributed by atoms with Crippen molar-refractivity contribution in [2.75, 3.05) is 13.1 Å². The third-order valence-corrected chi connectivity index (χ3v) is 6.93. The number of hydrogen-bond acceptors (Lipinski definition) is 3. The van der Waals surface area contributed by atoms with E-state index in [2.05, 4.69) is 26.0 Å². The summed E-state index contributed by atoms with van der Waals surface area (Å²) in [6.45, 7) is 7.09. The fourth-order valence-corrected chi connectivity index (χ4v) is 5.02. The molecule has 1 saturated heterocycles. The SMILES string of the molecule is CCC[C@H](C(N)=O)[C@@H](CC(C)C)C(=O)N1CCC(O)(c2ccc(-c3ccccc3)cc2)CC1. The molecule has 0 aliphatic carbocycles. The molecule has 5 nitrogen and oxygen atoms in total. The van der Waals surface area contributed by atoms with Crippen molar-refractivity contribution in [3.63, 3.8) is 0 Å². The van der Waals surface area contributed by atoms with Crippen LogP contribution < -0.4 is 5.73 Å². The number of likely N-dealkylation sites (tertiary alicyclic amines) is 1. The highest BCUT2D eigenvalue weighted by atomic mass is 16.3. The van der Waals surface area contributed by atoms with Crippen molar-refractivity contribution >= 4 is 11.8 Å². The highest BCUT2D eigenvalue weighted by Gasteiger charge is 2.40. The lowest BCUT2D eigenvalue weighted by Gasteiger charge is -2.40. The van der Waals surface area contributed by atoms with Gasteiger partial charge in [-0.25, -0.2) is 0 Å². The smallest absolute Gasteiger partial charge is 0.226 e. The molecule has 178 valence electrons. The predicted octanol–water partition coefficient (Wildman–Crippen LogP) is 4.73. The molecule has 2 amide bonds. The molecule has 2 atom stereocenters. The quantitative estimate of drug-likeness (QED) is 0.579. The Kier molecular flexibility index (Phi) is 8.30. The molecule has 0 bridgehead atoms. The molecular weight excluding hydrogens is 412 g/mol. The van der Waals surface area contributed by atoms with E-state index < -0.39 is 17.4 Å². The number of piperidine rings is 1. The van der Waals surface area contributed by atoms with Crippen molar-refractivity contribution in [2.45, 2.75) is 58.5 Å². The molecule has 0 unspecified atom stereocenters. The maximum atomic E-state index is 13.4. The van der Waals surface area contributed by atoms with Gasteiger partial charge in [-0.05, 0) is 48.3 Å². The van der Waals surface area contributed by atoms with Gasteiger partial charge in [0.2, 0.25) is 11.8 Å². The monoisotopic (exact) mass is 450 g/mol. The van der Waals surface area contributed by atoms with Gasteiger partial charge in [0.15, 0.2) is 0 Å². The van der Waals surface area contributed by atoms with E-state index in [-0.39, 0.29) is 11.8 Å². The normalized spacial score (nSPS) is 17.5. The first-order valence-electron chi connectivity index (χ1n) is 12.2. The third kappa shape index (κ3) is 6.02. The van der Waals surface area contributed by atoms with Gasteiger partial charge in [0.25, 0.3) is 0 Å². The number of carbonyl (C=O) groups excluding carboxylic acids is 2. The van der Waals surface area contributed by atoms with Crippen molar-refractivity contribution in [1.29, 1.82) is 0 Å². The standard InChI is InChI=1S/C28H38N2O3/c1-4-8-24(26(29)31)25(19-20(2)3)27(32)30-17-15-28(33,16-18-30)23-13-11-22(12-14-23)21-9-6-5-7-10-21/h5-7,9-14,20,24-25,33H,4,8,15-19H2,1-3H3,(H2,29,31)/t24-,25+/m0/s1. The van der Waals surface area contributed by atoms with Crippen LogP contribution >= 0.6 is 0 Å². The van der Waals surface area contributed by atoms with Gasteiger partial charge in [-0.15, -0.1) is 0 Å². The lowest BCUT2D eigenvalue weighted by molar-refractivity contribution is -0.146. The van der Waals surface area contributed by atoms with Crippen molar-refractivity contribution in [3.8, 4) is 11.1 Å². The second-order valence-electron chi connectivity index (χ2n) is 9.83. The lowest BCUT2D eigenvalue weighted by atomic mass is 9.79. The Morgan fingerprint density at radius 3 is 2.06 bits per heavy atom. The Balaban J connectivity index is 1.70. The van der Waals surface area contributed by atoms with Gasteiger partial charge in [0, 0.05) is 24.9 Å². The number of amides is 2. The van der Waals surface area contributed by atoms with E-state index in [9.17, 15) is 14.7 Å². The van der Waals surface area contributed by atoms with E-state index in [1.807, 2.05) is 54.3 Å². The van der Waals surface area contributed by atoms with Gasteiger partial charge in [-0.2, -0.15) is 0 Å². The largest absolute Gasteiger partial charge is 0.385 e. The van der Waals surface area contributed by atoms with Crippen molar-refractivity contribution in [2.24, 2.45) is 23.5 Å². The summed E-state index contributed by atoms with van der Waals surface area (Å²) in [5.41, 5.74) is 7.88. The molecule has 5 heteroatoms. The van der Waals surface area contributed by atoms with E-state index >= 15 is 0 Å². The molecule has 3 N–H and O–H groups in total. The number of carbonyl (C=O) groups is 2. The number of nitrogens with zero attached hydrogens (tertiary/aromatic N) is 1. The molecule has 2 aromatic rings. The molecule has 1 aliphatic heterocycles. The minimum absolute atomic E-state index is 0.00225. The maximum Gasteiger partial charge on any atom is 0.226 e. The Morgan fingerprint density at radius 2 is 1.55 bits per heavy atom. The molecule has 1 fully saturated rings. The highest BCUT2D eigenvalue weighted by molar-refractivity contribution is 5.87. The summed E-state index contributed by atoms with van der Waals surface area (Å²) in [5, 5.41) is 11.4. The molecule has 0 saturated carbocycles. The summed E-state index contributed by atoms with van der Waals surface area (Å²) in [4.78, 5) is 27.4. The first-order valence-corrected chi connectivity index (χ1v) is 12.2. The Bertz CT molecular complexity index is 916. The zero-order valence-corrected chi connectivity index (χ0v) is 20.2. The van der Waals surface area contributed by atoms with Crippen LogP contribution in [0, 0.1) is 17.8 Å². The average Bonchev–Trinajstić information content (AvgIpc) is 2.81. The summed E-state index contributed by atoms with van der Waals surface area (Å²) in [7, 11) is 0. The van der Waals surface area contributed by atoms with E-state index in [4.69, 9.17) is 5.73 Å². The topological polar surface area (TPSA) is 83.6 Å². The third-order valence-electron chi connectivity index (χ3n) is 6.93. The van der Waals surface area contributed by atoms with Gasteiger partial charge >= 0.3 is 0 Å². The van der Waals surface area contributed by atoms with Crippen LogP contribution in [0.5, 0.6) is 0 Å². The van der Waals surface area contributed by atoms with Gasteiger partial charge < -0.3 is 15.7 Å². The minimum atomic E-state index is -0.952. The molecule has 0 radical (unpaired) electrons. The van der Waals surface area contributed by atoms with Crippen LogP contribution in [-0.4, -0.2) is 34.9 Å². The molecular formula is C28H38N2O3. The van der Waals surface area contributed by atoms with Crippen LogP contribution in [-0.2, 0) is 15.2 Å². The molecule has 3 rings (SSSR count). The minimum Gasteiger partial charge on any atom is -0.385 e. The number of rotatable bonds is 9. The Hall–Kier alpha value is -2.66. The zero-order chi connectivity index (χ0) is 24.0. The van der Waals surface area contributed by atoms with Crippen LogP contribution in [0.2, 0.25) is 0 Å². The Labute approximate surface area is 198 Å². The first kappa shape index (κ1) is 25.0. The zero-order valence-electron chi connectivity index (χ0n) is 20.2. The number of hydrogen-bond donors (Lipinski definition) is 2. The lowest BCUT2D eigenvalue weighted by Crippen LogP contribution is -2.49. The second-order valence-corrected chi connectivity index (χ2v) is 9.83. The first-order chi connectivity index (χ1) is 15.7. The summed E-state index contributed by atoms with van der Waals surface area (Å²) in [6.07, 6.45) is 3.05. The average molecular weight is 451 g/mol. The van der Waals surface area contributed by atoms with Crippen molar-refractivity contribution in [1.82, 2.24) is 4.90 Å². The predicted molar refractivity (Wildman–Crippen MR) is 132 cm³/mol. The number of nitrogens with two attached hydrogens (primary N) is 1. The second kappa shape index (κ2) is 11.0. The molecule has 33 heavy (non-hydrogen) atoms. The van der Waals surface area contributed by atoms with E-state index in [0.717, 1.165) is 23.1 Å². The molecule has 2 aromatic carbocycles. The van der Waals surface area contributed by atoms with Gasteiger partial charge in [0.1, 0.15) is 0 Å². The maximum absolute atomic E-state index is 13.4. The Morgan fingerprint density at radius 1 is 0.970 bits per heavy atom. The van der Waals surface area contributed by atoms with Crippen LogP contribution in [0.15, 0.2) is 54.6 Å². The molecule has 0 aromatic heterocycles. The summed E-state index contributed by atoms with van der Waals surface area (Å²) >= 11 is 0. The molecule has 0 spiro atoms. The fraction of sp³-hybridized carbons (Fsp3) is 0.500. The number of benzene rings is 2. The van der Waals surface area contributed by atoms with E-state index in [1.54, 1.807) is 0 Å².